The fourth-order valence-electron chi connectivity index (χ4n) is 4.20. The molecule has 0 bridgehead atoms. The molecular weight excluding hydrogens is 412 g/mol. The third kappa shape index (κ3) is 3.38. The zero-order valence-corrected chi connectivity index (χ0v) is 17.5. The first-order valence-corrected chi connectivity index (χ1v) is 10.6. The van der Waals surface area contributed by atoms with Crippen LogP contribution in [0.1, 0.15) is 46.6 Å². The number of nitrogens with zero attached hydrogens (tertiary/aromatic N) is 2. The molecule has 1 aliphatic carbocycles. The highest BCUT2D eigenvalue weighted by molar-refractivity contribution is 6.33. The molecule has 3 N–H and O–H groups in total. The Morgan fingerprint density at radius 2 is 1.97 bits per heavy atom. The Bertz CT molecular complexity index is 1270. The van der Waals surface area contributed by atoms with E-state index in [4.69, 9.17) is 16.6 Å². The van der Waals surface area contributed by atoms with Gasteiger partial charge >= 0.3 is 0 Å². The molecule has 7 heteroatoms. The van der Waals surface area contributed by atoms with Gasteiger partial charge in [0.05, 0.1) is 28.1 Å². The van der Waals surface area contributed by atoms with Gasteiger partial charge in [0.2, 0.25) is 0 Å². The Kier molecular flexibility index (Phi) is 4.96. The first kappa shape index (κ1) is 19.7. The molecule has 0 unspecified atom stereocenters. The average molecular weight is 433 g/mol. The Balaban J connectivity index is 1.48. The van der Waals surface area contributed by atoms with Crippen LogP contribution in [0.25, 0.3) is 11.0 Å². The Morgan fingerprint density at radius 1 is 1.16 bits per heavy atom. The molecule has 4 aromatic rings. The number of halogens is 1. The largest absolute Gasteiger partial charge is 0.392 e. The molecule has 31 heavy (non-hydrogen) atoms. The van der Waals surface area contributed by atoms with Crippen molar-refractivity contribution in [3.05, 3.63) is 88.3 Å². The molecule has 2 aromatic carbocycles. The van der Waals surface area contributed by atoms with Gasteiger partial charge in [-0.3, -0.25) is 4.79 Å². The molecule has 5 rings (SSSR count). The van der Waals surface area contributed by atoms with E-state index in [9.17, 15) is 9.90 Å². The van der Waals surface area contributed by atoms with Crippen molar-refractivity contribution in [2.24, 2.45) is 0 Å². The molecule has 0 saturated heterocycles. The topological polar surface area (TPSA) is 90.9 Å². The number of hydrogen-bond donors (Lipinski definition) is 3. The van der Waals surface area contributed by atoms with Crippen LogP contribution in [0.4, 0.5) is 5.82 Å². The normalized spacial score (nSPS) is 14.9. The van der Waals surface area contributed by atoms with Gasteiger partial charge in [0, 0.05) is 17.3 Å². The lowest BCUT2D eigenvalue weighted by atomic mass is 9.64. The summed E-state index contributed by atoms with van der Waals surface area (Å²) in [6.07, 6.45) is 4.70. The summed E-state index contributed by atoms with van der Waals surface area (Å²) in [5.74, 6) is 0.935. The number of imidazole rings is 1. The van der Waals surface area contributed by atoms with Crippen molar-refractivity contribution < 1.29 is 9.90 Å². The molecule has 0 atom stereocenters. The summed E-state index contributed by atoms with van der Waals surface area (Å²) < 4.78 is 0. The number of aliphatic hydroxyl groups is 1. The summed E-state index contributed by atoms with van der Waals surface area (Å²) in [6.45, 7) is -0.0577. The molecule has 6 nitrogen and oxygen atoms in total. The fraction of sp³-hybridized carbons (Fsp3) is 0.208. The average Bonchev–Trinajstić information content (AvgIpc) is 3.19. The first-order valence-electron chi connectivity index (χ1n) is 10.2. The molecule has 0 spiro atoms. The van der Waals surface area contributed by atoms with Crippen molar-refractivity contribution in [2.75, 3.05) is 5.32 Å². The number of hydrogen-bond acceptors (Lipinski definition) is 4. The lowest BCUT2D eigenvalue weighted by Gasteiger charge is -2.40. The van der Waals surface area contributed by atoms with E-state index < -0.39 is 0 Å². The summed E-state index contributed by atoms with van der Waals surface area (Å²) in [4.78, 5) is 25.2. The van der Waals surface area contributed by atoms with Gasteiger partial charge in [0.25, 0.3) is 5.91 Å². The van der Waals surface area contributed by atoms with Crippen LogP contribution in [0.3, 0.4) is 0 Å². The lowest BCUT2D eigenvalue weighted by Crippen LogP contribution is -2.36. The standard InChI is InChI=1S/C24H21ClN4O2/c25-18-12-17(13-26-21(18)29-22(31)15-6-2-1-3-7-15)24(10-5-11-24)23-27-19-9-4-8-16(14-30)20(19)28-23/h1-4,6-9,12-13,30H,5,10-11,14H2,(H,27,28)(H,26,29,31). The van der Waals surface area contributed by atoms with Crippen LogP contribution in [0.15, 0.2) is 60.8 Å². The highest BCUT2D eigenvalue weighted by atomic mass is 35.5. The second-order valence-electron chi connectivity index (χ2n) is 7.87. The number of fused-ring (bicyclic) bond motifs is 1. The van der Waals surface area contributed by atoms with Crippen molar-refractivity contribution >= 4 is 34.4 Å². The minimum atomic E-state index is -0.301. The van der Waals surface area contributed by atoms with E-state index in [0.29, 0.717) is 16.4 Å². The SMILES string of the molecule is O=C(Nc1ncc(C2(c3nc4c(CO)cccc4[nH]3)CCC2)cc1Cl)c1ccccc1. The van der Waals surface area contributed by atoms with Crippen molar-refractivity contribution in [1.29, 1.82) is 0 Å². The quantitative estimate of drug-likeness (QED) is 0.421. The van der Waals surface area contributed by atoms with Crippen LogP contribution in [-0.4, -0.2) is 26.0 Å². The van der Waals surface area contributed by atoms with Gasteiger partial charge < -0.3 is 15.4 Å². The predicted octanol–water partition coefficient (Wildman–Crippen LogP) is 4.83. The number of para-hydroxylation sites is 1. The number of aromatic amines is 1. The summed E-state index contributed by atoms with van der Waals surface area (Å²) in [5, 5.41) is 12.8. The molecule has 2 heterocycles. The van der Waals surface area contributed by atoms with Gasteiger partial charge in [-0.2, -0.15) is 0 Å². The maximum absolute atomic E-state index is 12.5. The number of H-pyrrole nitrogens is 1. The smallest absolute Gasteiger partial charge is 0.256 e. The second-order valence-corrected chi connectivity index (χ2v) is 8.27. The van der Waals surface area contributed by atoms with Crippen molar-refractivity contribution in [3.8, 4) is 0 Å². The number of aliphatic hydroxyl groups excluding tert-OH is 1. The van der Waals surface area contributed by atoms with Crippen LogP contribution in [-0.2, 0) is 12.0 Å². The van der Waals surface area contributed by atoms with Crippen LogP contribution in [0, 0.1) is 0 Å². The highest BCUT2D eigenvalue weighted by Gasteiger charge is 2.43. The molecule has 1 amide bonds. The number of nitrogens with one attached hydrogen (secondary N) is 2. The van der Waals surface area contributed by atoms with E-state index >= 15 is 0 Å². The van der Waals surface area contributed by atoms with Gasteiger partial charge in [0.1, 0.15) is 5.82 Å². The minimum Gasteiger partial charge on any atom is -0.392 e. The Hall–Kier alpha value is -3.22. The van der Waals surface area contributed by atoms with Gasteiger partial charge in [-0.25, -0.2) is 9.97 Å². The molecule has 2 aromatic heterocycles. The van der Waals surface area contributed by atoms with E-state index in [1.54, 1.807) is 18.3 Å². The number of amides is 1. The monoisotopic (exact) mass is 432 g/mol. The molecule has 1 saturated carbocycles. The van der Waals surface area contributed by atoms with Crippen LogP contribution in [0.2, 0.25) is 5.02 Å². The fourth-order valence-corrected chi connectivity index (χ4v) is 4.41. The highest BCUT2D eigenvalue weighted by Crippen LogP contribution is 2.49. The molecule has 0 radical (unpaired) electrons. The van der Waals surface area contributed by atoms with Crippen molar-refractivity contribution in [3.63, 3.8) is 0 Å². The molecular formula is C24H21ClN4O2. The zero-order chi connectivity index (χ0) is 21.4. The number of pyridine rings is 1. The van der Waals surface area contributed by atoms with Crippen LogP contribution < -0.4 is 5.32 Å². The number of rotatable bonds is 5. The maximum atomic E-state index is 12.5. The van der Waals surface area contributed by atoms with Crippen molar-refractivity contribution in [1.82, 2.24) is 15.0 Å². The minimum absolute atomic E-state index is 0.0577. The van der Waals surface area contributed by atoms with E-state index in [1.165, 1.54) is 0 Å². The summed E-state index contributed by atoms with van der Waals surface area (Å²) in [5.41, 5.74) is 3.69. The summed E-state index contributed by atoms with van der Waals surface area (Å²) >= 11 is 6.52. The third-order valence-electron chi connectivity index (χ3n) is 6.09. The van der Waals surface area contributed by atoms with E-state index in [1.807, 2.05) is 42.5 Å². The van der Waals surface area contributed by atoms with Gasteiger partial charge in [0.15, 0.2) is 5.82 Å². The van der Waals surface area contributed by atoms with E-state index in [2.05, 4.69) is 15.3 Å². The van der Waals surface area contributed by atoms with E-state index in [0.717, 1.165) is 47.2 Å². The Labute approximate surface area is 184 Å². The second kappa shape index (κ2) is 7.80. The molecule has 1 fully saturated rings. The number of anilines is 1. The molecule has 0 aliphatic heterocycles. The lowest BCUT2D eigenvalue weighted by molar-refractivity contribution is 0.102. The maximum Gasteiger partial charge on any atom is 0.256 e. The zero-order valence-electron chi connectivity index (χ0n) is 16.7. The van der Waals surface area contributed by atoms with Gasteiger partial charge in [-0.1, -0.05) is 48.4 Å². The van der Waals surface area contributed by atoms with Crippen LogP contribution >= 0.6 is 11.6 Å². The summed E-state index contributed by atoms with van der Waals surface area (Å²) in [7, 11) is 0. The molecule has 1 aliphatic rings. The van der Waals surface area contributed by atoms with E-state index in [-0.39, 0.29) is 17.9 Å². The van der Waals surface area contributed by atoms with Gasteiger partial charge in [-0.05, 0) is 42.7 Å². The predicted molar refractivity (Wildman–Crippen MR) is 120 cm³/mol. The van der Waals surface area contributed by atoms with Crippen molar-refractivity contribution in [2.45, 2.75) is 31.3 Å². The summed E-state index contributed by atoms with van der Waals surface area (Å²) in [6, 6.07) is 16.6. The van der Waals surface area contributed by atoms with Crippen LogP contribution in [0.5, 0.6) is 0 Å². The van der Waals surface area contributed by atoms with Gasteiger partial charge in [-0.15, -0.1) is 0 Å². The number of carbonyl (C=O) groups is 1. The molecule has 156 valence electrons. The number of aromatic nitrogens is 3. The number of carbonyl (C=O) groups excluding carboxylic acids is 1. The Morgan fingerprint density at radius 3 is 2.65 bits per heavy atom. The first-order chi connectivity index (χ1) is 15.1. The number of benzene rings is 2. The third-order valence-corrected chi connectivity index (χ3v) is 6.38.